The molecular formula is C25H27Cl2N7O3. The maximum Gasteiger partial charge on any atom is 0.244 e. The number of methoxy groups -OCH3 is 2. The highest BCUT2D eigenvalue weighted by molar-refractivity contribution is 6.41. The molecule has 3 aromatic heterocycles. The molecule has 1 saturated heterocycles. The van der Waals surface area contributed by atoms with Gasteiger partial charge in [-0.15, -0.1) is 0 Å². The predicted molar refractivity (Wildman–Crippen MR) is 142 cm³/mol. The second kappa shape index (κ2) is 10.2. The lowest BCUT2D eigenvalue weighted by Crippen LogP contribution is -2.36. The molecule has 37 heavy (non-hydrogen) atoms. The van der Waals surface area contributed by atoms with Crippen LogP contribution in [0.1, 0.15) is 6.42 Å². The number of carbonyl (C=O) groups excluding carboxylic acids is 1. The third-order valence-corrected chi connectivity index (χ3v) is 7.48. The van der Waals surface area contributed by atoms with Gasteiger partial charge in [0.2, 0.25) is 5.91 Å². The number of ether oxygens (including phenoxy) is 2. The van der Waals surface area contributed by atoms with E-state index in [1.165, 1.54) is 14.2 Å². The summed E-state index contributed by atoms with van der Waals surface area (Å²) in [4.78, 5) is 21.4. The Morgan fingerprint density at radius 1 is 1.16 bits per heavy atom. The summed E-state index contributed by atoms with van der Waals surface area (Å²) in [5.41, 5.74) is 3.24. The zero-order valence-corrected chi connectivity index (χ0v) is 22.5. The highest BCUT2D eigenvalue weighted by Gasteiger charge is 2.27. The second-order valence-electron chi connectivity index (χ2n) is 9.14. The van der Waals surface area contributed by atoms with Crippen LogP contribution in [0.4, 0.5) is 0 Å². The van der Waals surface area contributed by atoms with Crippen LogP contribution in [0, 0.1) is 0 Å². The van der Waals surface area contributed by atoms with Crippen molar-refractivity contribution in [2.75, 3.05) is 41.4 Å². The molecule has 1 aliphatic rings. The van der Waals surface area contributed by atoms with Crippen molar-refractivity contribution >= 4 is 40.0 Å². The Morgan fingerprint density at radius 2 is 1.89 bits per heavy atom. The number of carbonyl (C=O) groups is 1. The molecule has 1 aliphatic heterocycles. The SMILES string of the molecule is COc1cc(OC)c(Cl)c(-c2cc3[nH]nc(-c4cnn(CC(=O)N5CCC(N(C)C)C5)c4)c3cn2)c1Cl. The zero-order valence-electron chi connectivity index (χ0n) is 21.0. The largest absolute Gasteiger partial charge is 0.495 e. The Morgan fingerprint density at radius 3 is 2.54 bits per heavy atom. The fourth-order valence-electron chi connectivity index (χ4n) is 4.58. The average Bonchev–Trinajstić information content (AvgIpc) is 3.63. The Bertz CT molecular complexity index is 1440. The summed E-state index contributed by atoms with van der Waals surface area (Å²) in [7, 11) is 7.13. The van der Waals surface area contributed by atoms with E-state index >= 15 is 0 Å². The molecule has 5 rings (SSSR count). The minimum atomic E-state index is 0.0552. The van der Waals surface area contributed by atoms with Crippen molar-refractivity contribution in [3.05, 3.63) is 40.8 Å². The molecule has 12 heteroatoms. The van der Waals surface area contributed by atoms with Crippen LogP contribution in [0.25, 0.3) is 33.4 Å². The average molecular weight is 544 g/mol. The Hall–Kier alpha value is -3.34. The number of nitrogens with one attached hydrogen (secondary N) is 1. The van der Waals surface area contributed by atoms with E-state index in [0.717, 1.165) is 36.0 Å². The molecule has 1 amide bonds. The maximum atomic E-state index is 12.8. The van der Waals surface area contributed by atoms with Crippen molar-refractivity contribution in [3.8, 4) is 34.0 Å². The fraction of sp³-hybridized carbons (Fsp3) is 0.360. The van der Waals surface area contributed by atoms with Crippen LogP contribution in [-0.4, -0.2) is 88.1 Å². The second-order valence-corrected chi connectivity index (χ2v) is 9.90. The number of benzene rings is 1. The van der Waals surface area contributed by atoms with Gasteiger partial charge in [-0.1, -0.05) is 23.2 Å². The lowest BCUT2D eigenvalue weighted by Gasteiger charge is -2.20. The van der Waals surface area contributed by atoms with Gasteiger partial charge >= 0.3 is 0 Å². The zero-order chi connectivity index (χ0) is 26.3. The molecule has 1 fully saturated rings. The van der Waals surface area contributed by atoms with E-state index in [4.69, 9.17) is 32.7 Å². The molecule has 0 saturated carbocycles. The molecule has 1 aromatic carbocycles. The van der Waals surface area contributed by atoms with Crippen LogP contribution in [0.2, 0.25) is 10.0 Å². The Kier molecular flexibility index (Phi) is 6.98. The van der Waals surface area contributed by atoms with Crippen LogP contribution in [-0.2, 0) is 11.3 Å². The lowest BCUT2D eigenvalue weighted by atomic mass is 10.1. The van der Waals surface area contributed by atoms with Gasteiger partial charge in [-0.25, -0.2) is 0 Å². The summed E-state index contributed by atoms with van der Waals surface area (Å²) in [6.45, 7) is 1.69. The lowest BCUT2D eigenvalue weighted by molar-refractivity contribution is -0.131. The summed E-state index contributed by atoms with van der Waals surface area (Å²) < 4.78 is 12.4. The van der Waals surface area contributed by atoms with Crippen molar-refractivity contribution in [1.82, 2.24) is 34.8 Å². The van der Waals surface area contributed by atoms with Gasteiger partial charge < -0.3 is 19.3 Å². The summed E-state index contributed by atoms with van der Waals surface area (Å²) in [6.07, 6.45) is 6.21. The summed E-state index contributed by atoms with van der Waals surface area (Å²) in [5.74, 6) is 0.913. The first kappa shape index (κ1) is 25.3. The van der Waals surface area contributed by atoms with Gasteiger partial charge in [-0.3, -0.25) is 19.6 Å². The molecular weight excluding hydrogens is 517 g/mol. The van der Waals surface area contributed by atoms with Gasteiger partial charge in [0.25, 0.3) is 0 Å². The van der Waals surface area contributed by atoms with Crippen molar-refractivity contribution in [1.29, 1.82) is 0 Å². The molecule has 1 unspecified atom stereocenters. The van der Waals surface area contributed by atoms with E-state index in [2.05, 4.69) is 25.2 Å². The molecule has 10 nitrogen and oxygen atoms in total. The Balaban J connectivity index is 1.40. The van der Waals surface area contributed by atoms with Crippen LogP contribution >= 0.6 is 23.2 Å². The number of nitrogens with zero attached hydrogens (tertiary/aromatic N) is 6. The van der Waals surface area contributed by atoms with E-state index in [9.17, 15) is 4.79 Å². The summed E-state index contributed by atoms with van der Waals surface area (Å²) in [5, 5.41) is 13.4. The third-order valence-electron chi connectivity index (χ3n) is 6.73. The van der Waals surface area contributed by atoms with Gasteiger partial charge in [0.15, 0.2) is 0 Å². The first-order valence-corrected chi connectivity index (χ1v) is 12.5. The molecule has 0 spiro atoms. The van der Waals surface area contributed by atoms with Crippen molar-refractivity contribution in [3.63, 3.8) is 0 Å². The third kappa shape index (κ3) is 4.72. The number of halogens is 2. The molecule has 0 aliphatic carbocycles. The normalized spacial score (nSPS) is 15.6. The standard InChI is InChI=1S/C25H27Cl2N7O3/c1-32(2)15-5-6-33(12-15)21(35)13-34-11-14(9-29-34)25-16-10-28-18(7-17(16)30-31-25)22-23(26)19(36-3)8-20(37-4)24(22)27/h7-11,15H,5-6,12-13H2,1-4H3,(H,30,31). The molecule has 4 heterocycles. The molecule has 0 radical (unpaired) electrons. The van der Waals surface area contributed by atoms with Crippen LogP contribution in [0.5, 0.6) is 11.5 Å². The van der Waals surface area contributed by atoms with Crippen molar-refractivity contribution in [2.45, 2.75) is 19.0 Å². The first-order valence-electron chi connectivity index (χ1n) is 11.7. The van der Waals surface area contributed by atoms with Gasteiger partial charge in [0.1, 0.15) is 23.7 Å². The number of aromatic amines is 1. The molecule has 4 aromatic rings. The van der Waals surface area contributed by atoms with E-state index in [-0.39, 0.29) is 12.5 Å². The van der Waals surface area contributed by atoms with Gasteiger partial charge in [-0.05, 0) is 26.6 Å². The predicted octanol–water partition coefficient (Wildman–Crippen LogP) is 3.97. The van der Waals surface area contributed by atoms with Crippen LogP contribution in [0.3, 0.4) is 0 Å². The topological polar surface area (TPSA) is 101 Å². The van der Waals surface area contributed by atoms with E-state index in [1.807, 2.05) is 31.3 Å². The number of pyridine rings is 1. The van der Waals surface area contributed by atoms with Gasteiger partial charge in [0.05, 0.1) is 41.7 Å². The first-order chi connectivity index (χ1) is 17.8. The number of likely N-dealkylation sites (N-methyl/N-ethyl adjacent to an activating group) is 1. The van der Waals surface area contributed by atoms with E-state index in [0.29, 0.717) is 44.5 Å². The molecule has 1 N–H and O–H groups in total. The molecule has 1 atom stereocenters. The number of hydrogen-bond donors (Lipinski definition) is 1. The monoisotopic (exact) mass is 543 g/mol. The van der Waals surface area contributed by atoms with Gasteiger partial charge in [-0.2, -0.15) is 10.2 Å². The van der Waals surface area contributed by atoms with Crippen LogP contribution < -0.4 is 9.47 Å². The number of aromatic nitrogens is 5. The molecule has 194 valence electrons. The minimum Gasteiger partial charge on any atom is -0.495 e. The maximum absolute atomic E-state index is 12.8. The number of fused-ring (bicyclic) bond motifs is 1. The summed E-state index contributed by atoms with van der Waals surface area (Å²) in [6, 6.07) is 3.85. The summed E-state index contributed by atoms with van der Waals surface area (Å²) >= 11 is 13.1. The number of amides is 1. The highest BCUT2D eigenvalue weighted by atomic mass is 35.5. The van der Waals surface area contributed by atoms with Gasteiger partial charge in [0, 0.05) is 54.1 Å². The van der Waals surface area contributed by atoms with Crippen molar-refractivity contribution < 1.29 is 14.3 Å². The Labute approximate surface area is 224 Å². The number of likely N-dealkylation sites (tertiary alicyclic amines) is 1. The molecule has 0 bridgehead atoms. The number of rotatable bonds is 7. The highest BCUT2D eigenvalue weighted by Crippen LogP contribution is 2.45. The quantitative estimate of drug-likeness (QED) is 0.376. The minimum absolute atomic E-state index is 0.0552. The van der Waals surface area contributed by atoms with Crippen molar-refractivity contribution in [2.24, 2.45) is 0 Å². The number of hydrogen-bond acceptors (Lipinski definition) is 7. The smallest absolute Gasteiger partial charge is 0.244 e. The van der Waals surface area contributed by atoms with E-state index < -0.39 is 0 Å². The number of H-pyrrole nitrogens is 1. The van der Waals surface area contributed by atoms with Crippen LogP contribution in [0.15, 0.2) is 30.7 Å². The fourth-order valence-corrected chi connectivity index (χ4v) is 5.28. The van der Waals surface area contributed by atoms with E-state index in [1.54, 1.807) is 23.1 Å².